The first-order chi connectivity index (χ1) is 6.65. The molecule has 0 aliphatic carbocycles. The van der Waals surface area contributed by atoms with Crippen LogP contribution in [0.3, 0.4) is 0 Å². The molecule has 0 spiro atoms. The van der Waals surface area contributed by atoms with E-state index >= 15 is 0 Å². The lowest BCUT2D eigenvalue weighted by Gasteiger charge is -2.33. The first kappa shape index (κ1) is 12.9. The van der Waals surface area contributed by atoms with Crippen LogP contribution in [0.15, 0.2) is 0 Å². The highest BCUT2D eigenvalue weighted by Crippen LogP contribution is 2.58. The van der Waals surface area contributed by atoms with Gasteiger partial charge in [-0.05, 0) is 13.8 Å². The lowest BCUT2D eigenvalue weighted by atomic mass is 10.00. The Morgan fingerprint density at radius 1 is 1.20 bits per heavy atom. The zero-order chi connectivity index (χ0) is 11.9. The SMILES string of the molecule is CC1CC(C)OP(=O)(C(=O)C(C)(C)C)O1. The fraction of sp³-hybridized carbons (Fsp3) is 0.900. The highest BCUT2D eigenvalue weighted by Gasteiger charge is 2.46. The molecule has 1 heterocycles. The van der Waals surface area contributed by atoms with Crippen LogP contribution in [0.25, 0.3) is 0 Å². The second-order valence-electron chi connectivity index (χ2n) is 5.12. The van der Waals surface area contributed by atoms with Gasteiger partial charge < -0.3 is 9.05 Å². The maximum atomic E-state index is 12.2. The van der Waals surface area contributed by atoms with E-state index in [1.165, 1.54) is 0 Å². The van der Waals surface area contributed by atoms with Gasteiger partial charge in [-0.25, -0.2) is 0 Å². The first-order valence-electron chi connectivity index (χ1n) is 5.17. The molecule has 0 amide bonds. The van der Waals surface area contributed by atoms with Gasteiger partial charge in [0.25, 0.3) is 0 Å². The minimum atomic E-state index is -3.58. The minimum absolute atomic E-state index is 0.189. The third-order valence-electron chi connectivity index (χ3n) is 2.19. The van der Waals surface area contributed by atoms with Crippen LogP contribution < -0.4 is 0 Å². The molecule has 0 aromatic carbocycles. The van der Waals surface area contributed by atoms with Gasteiger partial charge in [-0.1, -0.05) is 20.8 Å². The maximum absolute atomic E-state index is 12.2. The summed E-state index contributed by atoms with van der Waals surface area (Å²) in [6, 6.07) is 0. The molecule has 0 bridgehead atoms. The Bertz CT molecular complexity index is 291. The van der Waals surface area contributed by atoms with Crippen molar-refractivity contribution < 1.29 is 18.4 Å². The predicted molar refractivity (Wildman–Crippen MR) is 57.8 cm³/mol. The van der Waals surface area contributed by atoms with Crippen LogP contribution in [0.4, 0.5) is 0 Å². The van der Waals surface area contributed by atoms with Crippen molar-refractivity contribution in [2.75, 3.05) is 0 Å². The molecular weight excluding hydrogens is 215 g/mol. The van der Waals surface area contributed by atoms with Crippen LogP contribution in [0, 0.1) is 5.41 Å². The van der Waals surface area contributed by atoms with Crippen molar-refractivity contribution in [1.29, 1.82) is 0 Å². The number of carbonyl (C=O) groups is 1. The lowest BCUT2D eigenvalue weighted by Crippen LogP contribution is -2.31. The molecule has 15 heavy (non-hydrogen) atoms. The molecule has 0 radical (unpaired) electrons. The van der Waals surface area contributed by atoms with Crippen LogP contribution in [0.5, 0.6) is 0 Å². The van der Waals surface area contributed by atoms with Crippen molar-refractivity contribution in [2.24, 2.45) is 5.41 Å². The molecule has 2 unspecified atom stereocenters. The molecule has 0 saturated carbocycles. The highest BCUT2D eigenvalue weighted by atomic mass is 31.2. The van der Waals surface area contributed by atoms with Gasteiger partial charge in [-0.2, -0.15) is 0 Å². The molecular formula is C10H19O4P. The summed E-state index contributed by atoms with van der Waals surface area (Å²) in [5, 5.41) is 0. The van der Waals surface area contributed by atoms with Gasteiger partial charge in [0.05, 0.1) is 12.2 Å². The molecule has 88 valence electrons. The Morgan fingerprint density at radius 2 is 1.60 bits per heavy atom. The largest absolute Gasteiger partial charge is 0.397 e. The van der Waals surface area contributed by atoms with Crippen LogP contribution >= 0.6 is 7.60 Å². The molecule has 5 heteroatoms. The summed E-state index contributed by atoms with van der Waals surface area (Å²) in [4.78, 5) is 11.9. The third-order valence-corrected chi connectivity index (χ3v) is 4.63. The average Bonchev–Trinajstić information content (AvgIpc) is 1.98. The van der Waals surface area contributed by atoms with Gasteiger partial charge in [0.2, 0.25) is 5.52 Å². The number of carbonyl (C=O) groups excluding carboxylic acids is 1. The van der Waals surface area contributed by atoms with Gasteiger partial charge >= 0.3 is 7.60 Å². The molecule has 0 aromatic heterocycles. The van der Waals surface area contributed by atoms with E-state index in [0.29, 0.717) is 6.42 Å². The van der Waals surface area contributed by atoms with Crippen molar-refractivity contribution >= 4 is 13.1 Å². The number of hydrogen-bond donors (Lipinski definition) is 0. The highest BCUT2D eigenvalue weighted by molar-refractivity contribution is 7.72. The molecule has 1 saturated heterocycles. The van der Waals surface area contributed by atoms with E-state index in [9.17, 15) is 9.36 Å². The average molecular weight is 234 g/mol. The summed E-state index contributed by atoms with van der Waals surface area (Å²) in [6.07, 6.45) is 0.290. The Labute approximate surface area is 90.9 Å². The predicted octanol–water partition coefficient (Wildman–Crippen LogP) is 2.97. The van der Waals surface area contributed by atoms with Crippen LogP contribution in [-0.2, 0) is 18.4 Å². The summed E-state index contributed by atoms with van der Waals surface area (Å²) in [6.45, 7) is 8.76. The second kappa shape index (κ2) is 4.00. The van der Waals surface area contributed by atoms with E-state index < -0.39 is 18.5 Å². The maximum Gasteiger partial charge on any atom is 0.397 e. The molecule has 1 aliphatic heterocycles. The fourth-order valence-corrected chi connectivity index (χ4v) is 3.74. The van der Waals surface area contributed by atoms with Gasteiger partial charge in [0.15, 0.2) is 0 Å². The van der Waals surface area contributed by atoms with Gasteiger partial charge in [-0.15, -0.1) is 0 Å². The standard InChI is InChI=1S/C10H19O4P/c1-7-6-8(2)14-15(12,13-7)9(11)10(3,4)5/h7-8H,6H2,1-5H3. The van der Waals surface area contributed by atoms with Crippen LogP contribution in [0.1, 0.15) is 41.0 Å². The fourth-order valence-electron chi connectivity index (χ4n) is 1.56. The molecule has 4 nitrogen and oxygen atoms in total. The number of rotatable bonds is 1. The van der Waals surface area contributed by atoms with E-state index in [0.717, 1.165) is 0 Å². The van der Waals surface area contributed by atoms with Crippen molar-refractivity contribution in [3.05, 3.63) is 0 Å². The Hall–Kier alpha value is -0.180. The van der Waals surface area contributed by atoms with Gasteiger partial charge in [-0.3, -0.25) is 9.36 Å². The van der Waals surface area contributed by atoms with E-state index in [1.807, 2.05) is 13.8 Å². The Morgan fingerprint density at radius 3 is 1.93 bits per heavy atom. The van der Waals surface area contributed by atoms with E-state index in [1.54, 1.807) is 20.8 Å². The summed E-state index contributed by atoms with van der Waals surface area (Å²) in [7, 11) is -3.58. The van der Waals surface area contributed by atoms with Crippen molar-refractivity contribution in [2.45, 2.75) is 53.2 Å². The molecule has 0 aromatic rings. The van der Waals surface area contributed by atoms with Crippen LogP contribution in [-0.4, -0.2) is 17.7 Å². The molecule has 1 fully saturated rings. The molecule has 1 aliphatic rings. The van der Waals surface area contributed by atoms with Crippen LogP contribution in [0.2, 0.25) is 0 Å². The summed E-state index contributed by atoms with van der Waals surface area (Å²) < 4.78 is 22.6. The molecule has 0 N–H and O–H groups in total. The quantitative estimate of drug-likeness (QED) is 0.654. The Balaban J connectivity index is 2.92. The van der Waals surface area contributed by atoms with Crippen molar-refractivity contribution in [3.63, 3.8) is 0 Å². The van der Waals surface area contributed by atoms with Gasteiger partial charge in [0.1, 0.15) is 0 Å². The second-order valence-corrected chi connectivity index (χ2v) is 6.94. The Kier molecular flexibility index (Phi) is 3.44. The smallest absolute Gasteiger partial charge is 0.300 e. The summed E-state index contributed by atoms with van der Waals surface area (Å²) >= 11 is 0. The van der Waals surface area contributed by atoms with E-state index in [-0.39, 0.29) is 12.2 Å². The monoisotopic (exact) mass is 234 g/mol. The van der Waals surface area contributed by atoms with Gasteiger partial charge in [0, 0.05) is 11.8 Å². The lowest BCUT2D eigenvalue weighted by molar-refractivity contribution is -0.122. The van der Waals surface area contributed by atoms with E-state index in [4.69, 9.17) is 9.05 Å². The minimum Gasteiger partial charge on any atom is -0.300 e. The van der Waals surface area contributed by atoms with E-state index in [2.05, 4.69) is 0 Å². The topological polar surface area (TPSA) is 52.6 Å². The zero-order valence-corrected chi connectivity index (χ0v) is 10.8. The zero-order valence-electron chi connectivity index (χ0n) is 9.94. The third kappa shape index (κ3) is 2.90. The summed E-state index contributed by atoms with van der Waals surface area (Å²) in [5.41, 5.74) is -1.14. The molecule has 1 rings (SSSR count). The van der Waals surface area contributed by atoms with Crippen molar-refractivity contribution in [3.8, 4) is 0 Å². The molecule has 2 atom stereocenters. The van der Waals surface area contributed by atoms with Crippen molar-refractivity contribution in [1.82, 2.24) is 0 Å². The first-order valence-corrected chi connectivity index (χ1v) is 6.71. The normalized spacial score (nSPS) is 37.7. The number of hydrogen-bond acceptors (Lipinski definition) is 4. The summed E-state index contributed by atoms with van der Waals surface area (Å²) in [5.74, 6) is 0.